The van der Waals surface area contributed by atoms with E-state index >= 15 is 0 Å². The van der Waals surface area contributed by atoms with E-state index in [9.17, 15) is 4.79 Å². The van der Waals surface area contributed by atoms with Crippen molar-refractivity contribution in [2.24, 2.45) is 0 Å². The molecule has 0 aliphatic rings. The molecule has 17 heavy (non-hydrogen) atoms. The Hall–Kier alpha value is -1.14. The molecule has 0 atom stereocenters. The minimum Gasteiger partial charge on any atom is -0.301 e. The number of hydrogen-bond acceptors (Lipinski definition) is 5. The molecule has 2 aromatic rings. The van der Waals surface area contributed by atoms with Crippen molar-refractivity contribution in [2.75, 3.05) is 0 Å². The van der Waals surface area contributed by atoms with Gasteiger partial charge in [0.2, 0.25) is 0 Å². The summed E-state index contributed by atoms with van der Waals surface area (Å²) < 4.78 is 0. The predicted molar refractivity (Wildman–Crippen MR) is 70.5 cm³/mol. The van der Waals surface area contributed by atoms with Crippen molar-refractivity contribution < 1.29 is 0 Å². The first-order valence-corrected chi connectivity index (χ1v) is 7.26. The van der Waals surface area contributed by atoms with Crippen LogP contribution in [0, 0.1) is 0 Å². The Labute approximate surface area is 108 Å². The summed E-state index contributed by atoms with van der Waals surface area (Å²) in [6.45, 7) is 2.07. The van der Waals surface area contributed by atoms with Gasteiger partial charge in [-0.25, -0.2) is 9.97 Å². The van der Waals surface area contributed by atoms with Gasteiger partial charge in [0, 0.05) is 23.3 Å². The second-order valence-electron chi connectivity index (χ2n) is 3.51. The first-order valence-electron chi connectivity index (χ1n) is 5.39. The number of H-pyrrole nitrogens is 1. The van der Waals surface area contributed by atoms with E-state index in [2.05, 4.69) is 21.9 Å². The van der Waals surface area contributed by atoms with Crippen molar-refractivity contribution in [3.63, 3.8) is 0 Å². The Morgan fingerprint density at radius 3 is 3.12 bits per heavy atom. The highest BCUT2D eigenvalue weighted by Crippen LogP contribution is 2.19. The van der Waals surface area contributed by atoms with Gasteiger partial charge in [0.1, 0.15) is 5.01 Å². The van der Waals surface area contributed by atoms with Gasteiger partial charge in [0.25, 0.3) is 5.56 Å². The van der Waals surface area contributed by atoms with Crippen LogP contribution in [0.2, 0.25) is 0 Å². The van der Waals surface area contributed by atoms with Crippen LogP contribution in [0.3, 0.4) is 0 Å². The lowest BCUT2D eigenvalue weighted by atomic mass is 10.2. The van der Waals surface area contributed by atoms with E-state index in [1.807, 2.05) is 5.38 Å². The molecule has 0 saturated carbocycles. The average Bonchev–Trinajstić information content (AvgIpc) is 2.79. The number of aryl methyl sites for hydroxylation is 1. The number of hydrogen-bond donors (Lipinski definition) is 1. The molecule has 6 heteroatoms. The van der Waals surface area contributed by atoms with Crippen LogP contribution in [-0.4, -0.2) is 15.0 Å². The molecular weight excluding hydrogens is 254 g/mol. The molecule has 1 N–H and O–H groups in total. The summed E-state index contributed by atoms with van der Waals surface area (Å²) in [5.74, 6) is 0.746. The maximum atomic E-state index is 11.4. The molecule has 0 unspecified atom stereocenters. The first kappa shape index (κ1) is 12.3. The summed E-state index contributed by atoms with van der Waals surface area (Å²) in [6.07, 6.45) is 3.62. The fraction of sp³-hybridized carbons (Fsp3) is 0.364. The molecule has 0 radical (unpaired) electrons. The molecule has 0 saturated heterocycles. The van der Waals surface area contributed by atoms with Gasteiger partial charge in [-0.1, -0.05) is 25.1 Å². The third-order valence-corrected chi connectivity index (χ3v) is 3.94. The van der Waals surface area contributed by atoms with Crippen LogP contribution in [-0.2, 0) is 12.2 Å². The molecule has 2 aromatic heterocycles. The first-order chi connectivity index (χ1) is 8.28. The van der Waals surface area contributed by atoms with E-state index in [0.717, 1.165) is 29.3 Å². The highest BCUT2D eigenvalue weighted by atomic mass is 32.2. The van der Waals surface area contributed by atoms with Crippen molar-refractivity contribution >= 4 is 23.1 Å². The van der Waals surface area contributed by atoms with E-state index in [1.165, 1.54) is 11.8 Å². The van der Waals surface area contributed by atoms with Crippen molar-refractivity contribution in [3.05, 3.63) is 38.7 Å². The van der Waals surface area contributed by atoms with Crippen LogP contribution in [0.25, 0.3) is 0 Å². The third-order valence-electron chi connectivity index (χ3n) is 2.09. The average molecular weight is 267 g/mol. The number of rotatable bonds is 5. The Kier molecular flexibility index (Phi) is 4.33. The van der Waals surface area contributed by atoms with Crippen LogP contribution in [0.15, 0.2) is 27.6 Å². The van der Waals surface area contributed by atoms with Gasteiger partial charge in [0.15, 0.2) is 5.16 Å². The summed E-state index contributed by atoms with van der Waals surface area (Å²) in [6, 6.07) is 1.57. The zero-order valence-electron chi connectivity index (χ0n) is 9.47. The lowest BCUT2D eigenvalue weighted by Gasteiger charge is -2.01. The summed E-state index contributed by atoms with van der Waals surface area (Å²) in [4.78, 5) is 22.8. The van der Waals surface area contributed by atoms with E-state index in [-0.39, 0.29) is 5.56 Å². The van der Waals surface area contributed by atoms with E-state index < -0.39 is 0 Å². The van der Waals surface area contributed by atoms with Gasteiger partial charge in [-0.2, -0.15) is 0 Å². The summed E-state index contributed by atoms with van der Waals surface area (Å²) >= 11 is 3.12. The van der Waals surface area contributed by atoms with Crippen LogP contribution in [0.4, 0.5) is 0 Å². The topological polar surface area (TPSA) is 58.6 Å². The Morgan fingerprint density at radius 1 is 1.53 bits per heavy atom. The summed E-state index contributed by atoms with van der Waals surface area (Å²) in [7, 11) is 0. The number of thioether (sulfide) groups is 1. The lowest BCUT2D eigenvalue weighted by Crippen LogP contribution is -2.09. The summed E-state index contributed by atoms with van der Waals surface area (Å²) in [5.41, 5.74) is 0.781. The Morgan fingerprint density at radius 2 is 2.41 bits per heavy atom. The molecule has 0 spiro atoms. The number of nitrogens with zero attached hydrogens (tertiary/aromatic N) is 2. The highest BCUT2D eigenvalue weighted by Gasteiger charge is 2.03. The van der Waals surface area contributed by atoms with Gasteiger partial charge >= 0.3 is 0 Å². The third kappa shape index (κ3) is 3.67. The Bertz CT molecular complexity index is 522. The highest BCUT2D eigenvalue weighted by molar-refractivity contribution is 7.98. The van der Waals surface area contributed by atoms with Gasteiger partial charge in [-0.05, 0) is 6.42 Å². The maximum absolute atomic E-state index is 11.4. The predicted octanol–water partition coefficient (Wildman–Crippen LogP) is 2.47. The fourth-order valence-corrected chi connectivity index (χ4v) is 2.93. The van der Waals surface area contributed by atoms with Gasteiger partial charge in [-0.3, -0.25) is 4.79 Å². The van der Waals surface area contributed by atoms with Crippen LogP contribution >= 0.6 is 23.1 Å². The SMILES string of the molecule is CCCc1cc(=O)[nH]c(SCc2nccs2)n1. The van der Waals surface area contributed by atoms with Crippen molar-refractivity contribution in [2.45, 2.75) is 30.7 Å². The number of aromatic nitrogens is 3. The number of aromatic amines is 1. The molecule has 4 nitrogen and oxygen atoms in total. The molecule has 0 fully saturated rings. The normalized spacial score (nSPS) is 10.6. The van der Waals surface area contributed by atoms with Crippen LogP contribution < -0.4 is 5.56 Å². The molecule has 2 rings (SSSR count). The molecule has 0 aliphatic carbocycles. The van der Waals surface area contributed by atoms with Crippen molar-refractivity contribution in [1.29, 1.82) is 0 Å². The fourth-order valence-electron chi connectivity index (χ4n) is 1.39. The maximum Gasteiger partial charge on any atom is 0.251 e. The molecule has 0 bridgehead atoms. The van der Waals surface area contributed by atoms with E-state index in [4.69, 9.17) is 0 Å². The van der Waals surface area contributed by atoms with E-state index in [0.29, 0.717) is 5.16 Å². The molecule has 0 aliphatic heterocycles. The van der Waals surface area contributed by atoms with Gasteiger partial charge in [-0.15, -0.1) is 11.3 Å². The van der Waals surface area contributed by atoms with Gasteiger partial charge in [0.05, 0.1) is 5.75 Å². The minimum absolute atomic E-state index is 0.0786. The standard InChI is InChI=1S/C11H13N3OS2/c1-2-3-8-6-9(15)14-11(13-8)17-7-10-12-4-5-16-10/h4-6H,2-3,7H2,1H3,(H,13,14,15). The van der Waals surface area contributed by atoms with Crippen molar-refractivity contribution in [3.8, 4) is 0 Å². The number of nitrogens with one attached hydrogen (secondary N) is 1. The quantitative estimate of drug-likeness (QED) is 0.668. The largest absolute Gasteiger partial charge is 0.301 e. The molecular formula is C11H13N3OS2. The zero-order chi connectivity index (χ0) is 12.1. The van der Waals surface area contributed by atoms with Crippen LogP contribution in [0.1, 0.15) is 24.0 Å². The monoisotopic (exact) mass is 267 g/mol. The Balaban J connectivity index is 2.07. The molecule has 2 heterocycles. The minimum atomic E-state index is -0.0786. The van der Waals surface area contributed by atoms with Crippen molar-refractivity contribution in [1.82, 2.24) is 15.0 Å². The zero-order valence-corrected chi connectivity index (χ0v) is 11.1. The van der Waals surface area contributed by atoms with E-state index in [1.54, 1.807) is 23.6 Å². The van der Waals surface area contributed by atoms with Gasteiger partial charge < -0.3 is 4.98 Å². The second kappa shape index (κ2) is 5.97. The molecule has 0 aromatic carbocycles. The summed E-state index contributed by atoms with van der Waals surface area (Å²) in [5, 5.41) is 3.66. The lowest BCUT2D eigenvalue weighted by molar-refractivity contribution is 0.816. The number of thiazole rings is 1. The molecule has 90 valence electrons. The van der Waals surface area contributed by atoms with Crippen LogP contribution in [0.5, 0.6) is 0 Å². The smallest absolute Gasteiger partial charge is 0.251 e. The second-order valence-corrected chi connectivity index (χ2v) is 5.45. The molecule has 0 amide bonds.